The molecule has 2 aromatic rings. The van der Waals surface area contributed by atoms with Gasteiger partial charge >= 0.3 is 24.6 Å². The molecule has 46 heavy (non-hydrogen) atoms. The quantitative estimate of drug-likeness (QED) is 0.188. The molecule has 2 aromatic carbocycles. The van der Waals surface area contributed by atoms with E-state index in [0.29, 0.717) is 44.0 Å². The number of hydrogen-bond acceptors (Lipinski definition) is 5. The van der Waals surface area contributed by atoms with Gasteiger partial charge in [0.15, 0.2) is 0 Å². The van der Waals surface area contributed by atoms with Crippen molar-refractivity contribution in [3.05, 3.63) is 64.2 Å². The van der Waals surface area contributed by atoms with E-state index in [1.807, 2.05) is 11.8 Å². The molecular formula is C31H33F9N2O4. The molecule has 1 heterocycles. The number of amides is 1. The van der Waals surface area contributed by atoms with E-state index in [-0.39, 0.29) is 23.5 Å². The van der Waals surface area contributed by atoms with E-state index in [2.05, 4.69) is 0 Å². The van der Waals surface area contributed by atoms with Gasteiger partial charge in [0.25, 0.3) is 6.47 Å². The first-order valence-electron chi connectivity index (χ1n) is 14.7. The summed E-state index contributed by atoms with van der Waals surface area (Å²) in [4.78, 5) is 26.4. The number of rotatable bonds is 10. The summed E-state index contributed by atoms with van der Waals surface area (Å²) in [6.45, 7) is 4.34. The lowest BCUT2D eigenvalue weighted by Gasteiger charge is -2.34. The number of cyclic esters (lactones) is 1. The van der Waals surface area contributed by atoms with Gasteiger partial charge in [-0.15, -0.1) is 0 Å². The van der Waals surface area contributed by atoms with E-state index < -0.39 is 65.6 Å². The molecule has 1 amide bonds. The number of ether oxygens (including phenoxy) is 2. The zero-order chi connectivity index (χ0) is 34.0. The topological polar surface area (TPSA) is 59.1 Å². The van der Waals surface area contributed by atoms with Crippen LogP contribution in [0.25, 0.3) is 0 Å². The second-order valence-corrected chi connectivity index (χ2v) is 11.7. The van der Waals surface area contributed by atoms with Crippen molar-refractivity contribution in [1.82, 2.24) is 4.90 Å². The molecule has 0 radical (unpaired) electrons. The predicted octanol–water partition coefficient (Wildman–Crippen LogP) is 8.63. The Morgan fingerprint density at radius 1 is 0.870 bits per heavy atom. The first-order valence-corrected chi connectivity index (χ1v) is 14.7. The fourth-order valence-electron chi connectivity index (χ4n) is 6.15. The lowest BCUT2D eigenvalue weighted by atomic mass is 9.82. The van der Waals surface area contributed by atoms with Gasteiger partial charge in [-0.05, 0) is 98.9 Å². The van der Waals surface area contributed by atoms with Crippen molar-refractivity contribution in [2.75, 3.05) is 24.6 Å². The van der Waals surface area contributed by atoms with Crippen molar-refractivity contribution >= 4 is 18.3 Å². The van der Waals surface area contributed by atoms with Crippen LogP contribution >= 0.6 is 0 Å². The van der Waals surface area contributed by atoms with Crippen molar-refractivity contribution < 1.29 is 58.6 Å². The molecule has 0 aromatic heterocycles. The third kappa shape index (κ3) is 8.19. The van der Waals surface area contributed by atoms with Gasteiger partial charge in [0.05, 0.1) is 35.9 Å². The van der Waals surface area contributed by atoms with Gasteiger partial charge in [-0.2, -0.15) is 39.5 Å². The predicted molar refractivity (Wildman–Crippen MR) is 147 cm³/mol. The normalized spacial score (nSPS) is 22.5. The van der Waals surface area contributed by atoms with Crippen LogP contribution in [0.2, 0.25) is 0 Å². The van der Waals surface area contributed by atoms with Gasteiger partial charge in [-0.3, -0.25) is 9.69 Å². The summed E-state index contributed by atoms with van der Waals surface area (Å²) >= 11 is 0. The van der Waals surface area contributed by atoms with Crippen molar-refractivity contribution in [2.24, 2.45) is 11.8 Å². The van der Waals surface area contributed by atoms with E-state index in [9.17, 15) is 49.1 Å². The van der Waals surface area contributed by atoms with Crippen molar-refractivity contribution in [3.63, 3.8) is 0 Å². The number of nitrogens with zero attached hydrogens (tertiary/aromatic N) is 2. The maximum Gasteiger partial charge on any atom is 0.416 e. The van der Waals surface area contributed by atoms with Crippen LogP contribution in [-0.2, 0) is 39.3 Å². The van der Waals surface area contributed by atoms with Gasteiger partial charge in [-0.1, -0.05) is 0 Å². The molecule has 2 fully saturated rings. The average Bonchev–Trinajstić information content (AvgIpc) is 3.26. The van der Waals surface area contributed by atoms with Gasteiger partial charge < -0.3 is 14.4 Å². The largest absolute Gasteiger partial charge is 0.468 e. The first kappa shape index (κ1) is 35.2. The minimum absolute atomic E-state index is 0.0393. The standard InChI is InChI=1S/C31H33F9N2O4/c1-3-41(14-19-4-6-20(7-5-19)16-45-17-43)26-9-8-23(29(32,33)34)12-22(26)15-42-18(2)27(46-28(42)44)21-10-24(30(35,36)37)13-25(11-21)31(38,39)40/h8-13,17-20,27H,3-7,14-16H2,1-2H3/t18-,19-,20-,27-/m0/s1. The second kappa shape index (κ2) is 13.6. The van der Waals surface area contributed by atoms with Crippen LogP contribution in [0.1, 0.15) is 73.5 Å². The maximum atomic E-state index is 13.8. The second-order valence-electron chi connectivity index (χ2n) is 11.7. The van der Waals surface area contributed by atoms with Gasteiger partial charge in [0, 0.05) is 18.8 Å². The molecule has 0 unspecified atom stereocenters. The zero-order valence-electron chi connectivity index (χ0n) is 24.9. The summed E-state index contributed by atoms with van der Waals surface area (Å²) in [7, 11) is 0. The van der Waals surface area contributed by atoms with Gasteiger partial charge in [0.1, 0.15) is 6.10 Å². The van der Waals surface area contributed by atoms with Crippen molar-refractivity contribution in [2.45, 2.75) is 76.8 Å². The van der Waals surface area contributed by atoms with Crippen LogP contribution in [0.4, 0.5) is 50.0 Å². The molecule has 1 aliphatic carbocycles. The highest BCUT2D eigenvalue weighted by Gasteiger charge is 2.44. The number of hydrogen-bond donors (Lipinski definition) is 0. The Morgan fingerprint density at radius 3 is 1.96 bits per heavy atom. The maximum absolute atomic E-state index is 13.8. The zero-order valence-corrected chi connectivity index (χ0v) is 24.9. The molecular weight excluding hydrogens is 635 g/mol. The smallest absolute Gasteiger partial charge is 0.416 e. The Labute approximate surface area is 259 Å². The Morgan fingerprint density at radius 2 is 1.43 bits per heavy atom. The minimum Gasteiger partial charge on any atom is -0.468 e. The number of carbonyl (C=O) groups excluding carboxylic acids is 2. The highest BCUT2D eigenvalue weighted by Crippen LogP contribution is 2.42. The molecule has 0 bridgehead atoms. The summed E-state index contributed by atoms with van der Waals surface area (Å²) in [5, 5.41) is 0. The fourth-order valence-corrected chi connectivity index (χ4v) is 6.15. The van der Waals surface area contributed by atoms with E-state index in [1.54, 1.807) is 0 Å². The van der Waals surface area contributed by atoms with Gasteiger partial charge in [-0.25, -0.2) is 4.79 Å². The van der Waals surface area contributed by atoms with E-state index in [4.69, 9.17) is 9.47 Å². The summed E-state index contributed by atoms with van der Waals surface area (Å²) in [6.07, 6.45) is -14.4. The number of halogens is 9. The molecule has 0 N–H and O–H groups in total. The molecule has 15 heteroatoms. The fraction of sp³-hybridized carbons (Fsp3) is 0.548. The third-order valence-electron chi connectivity index (χ3n) is 8.65. The van der Waals surface area contributed by atoms with Crippen LogP contribution in [0.15, 0.2) is 36.4 Å². The number of anilines is 1. The van der Waals surface area contributed by atoms with Gasteiger partial charge in [0.2, 0.25) is 0 Å². The molecule has 1 aliphatic heterocycles. The SMILES string of the molecule is CCN(C[C@H]1CC[C@H](COC=O)CC1)c1ccc(C(F)(F)F)cc1CN1C(=O)O[C@H](c2cc(C(F)(F)F)cc(C(F)(F)F)c2)[C@@H]1C. The third-order valence-corrected chi connectivity index (χ3v) is 8.65. The molecule has 254 valence electrons. The Kier molecular flexibility index (Phi) is 10.4. The summed E-state index contributed by atoms with van der Waals surface area (Å²) in [5.41, 5.74) is -4.19. The summed E-state index contributed by atoms with van der Waals surface area (Å²) in [6, 6.07) is 2.90. The Hall–Kier alpha value is -3.65. The molecule has 4 rings (SSSR count). The molecule has 6 nitrogen and oxygen atoms in total. The molecule has 1 saturated heterocycles. The van der Waals surface area contributed by atoms with E-state index in [1.165, 1.54) is 13.0 Å². The number of carbonyl (C=O) groups is 2. The van der Waals surface area contributed by atoms with Crippen molar-refractivity contribution in [1.29, 1.82) is 0 Å². The monoisotopic (exact) mass is 668 g/mol. The lowest BCUT2D eigenvalue weighted by Crippen LogP contribution is -2.35. The molecule has 2 atom stereocenters. The molecule has 0 spiro atoms. The highest BCUT2D eigenvalue weighted by molar-refractivity contribution is 5.72. The van der Waals surface area contributed by atoms with E-state index >= 15 is 0 Å². The number of benzene rings is 2. The van der Waals surface area contributed by atoms with E-state index in [0.717, 1.165) is 42.7 Å². The molecule has 1 saturated carbocycles. The lowest BCUT2D eigenvalue weighted by molar-refractivity contribution is -0.143. The molecule has 2 aliphatic rings. The van der Waals surface area contributed by atoms with Crippen LogP contribution in [-0.4, -0.2) is 43.2 Å². The average molecular weight is 669 g/mol. The number of alkyl halides is 9. The van der Waals surface area contributed by atoms with Crippen LogP contribution in [0.3, 0.4) is 0 Å². The van der Waals surface area contributed by atoms with Crippen LogP contribution in [0, 0.1) is 11.8 Å². The highest BCUT2D eigenvalue weighted by atomic mass is 19.4. The summed E-state index contributed by atoms with van der Waals surface area (Å²) < 4.78 is 132. The van der Waals surface area contributed by atoms with Crippen molar-refractivity contribution in [3.8, 4) is 0 Å². The Bertz CT molecular complexity index is 1350. The summed E-state index contributed by atoms with van der Waals surface area (Å²) in [5.74, 6) is 0.407. The first-order chi connectivity index (χ1) is 21.4. The Balaban J connectivity index is 1.62. The van der Waals surface area contributed by atoms with Crippen LogP contribution < -0.4 is 4.90 Å². The minimum atomic E-state index is -5.12. The van der Waals surface area contributed by atoms with Crippen LogP contribution in [0.5, 0.6) is 0 Å².